The van der Waals surface area contributed by atoms with Gasteiger partial charge in [0.2, 0.25) is 0 Å². The normalized spacial score (nSPS) is 10.4. The van der Waals surface area contributed by atoms with E-state index in [-0.39, 0.29) is 16.5 Å². The van der Waals surface area contributed by atoms with Gasteiger partial charge in [-0.3, -0.25) is 9.78 Å². The van der Waals surface area contributed by atoms with Crippen molar-refractivity contribution in [3.05, 3.63) is 83.1 Å². The van der Waals surface area contributed by atoms with Crippen molar-refractivity contribution >= 4 is 34.6 Å². The minimum Gasteiger partial charge on any atom is -0.355 e. The Labute approximate surface area is 147 Å². The minimum atomic E-state index is -0.566. The Morgan fingerprint density at radius 3 is 2.36 bits per heavy atom. The topological polar surface area (TPSA) is 54.0 Å². The molecular weight excluding hydrogens is 348 g/mol. The van der Waals surface area contributed by atoms with E-state index in [0.717, 1.165) is 6.07 Å². The number of amides is 1. The Hall–Kier alpha value is -2.99. The lowest BCUT2D eigenvalue weighted by molar-refractivity contribution is 0.102. The molecule has 0 saturated carbocycles. The molecule has 0 aliphatic rings. The summed E-state index contributed by atoms with van der Waals surface area (Å²) in [5, 5.41) is 5.56. The summed E-state index contributed by atoms with van der Waals surface area (Å²) in [6.45, 7) is 0. The van der Waals surface area contributed by atoms with Gasteiger partial charge in [0.15, 0.2) is 0 Å². The molecule has 0 bridgehead atoms. The molecule has 0 radical (unpaired) electrons. The first-order valence-corrected chi connectivity index (χ1v) is 7.64. The zero-order valence-electron chi connectivity index (χ0n) is 12.8. The van der Waals surface area contributed by atoms with Gasteiger partial charge in [0, 0.05) is 23.3 Å². The van der Waals surface area contributed by atoms with E-state index < -0.39 is 11.7 Å². The number of carbonyl (C=O) groups excluding carboxylic acids is 1. The molecule has 1 heterocycles. The van der Waals surface area contributed by atoms with Crippen molar-refractivity contribution in [3.8, 4) is 0 Å². The lowest BCUT2D eigenvalue weighted by atomic mass is 10.2. The van der Waals surface area contributed by atoms with E-state index in [1.54, 1.807) is 24.3 Å². The molecule has 4 nitrogen and oxygen atoms in total. The summed E-state index contributed by atoms with van der Waals surface area (Å²) in [4.78, 5) is 16.3. The molecule has 1 amide bonds. The second-order valence-electron chi connectivity index (χ2n) is 5.14. The van der Waals surface area contributed by atoms with Crippen molar-refractivity contribution in [2.45, 2.75) is 0 Å². The van der Waals surface area contributed by atoms with Gasteiger partial charge in [-0.25, -0.2) is 8.78 Å². The van der Waals surface area contributed by atoms with Gasteiger partial charge in [-0.2, -0.15) is 0 Å². The van der Waals surface area contributed by atoms with Gasteiger partial charge in [0.05, 0.1) is 5.02 Å². The lowest BCUT2D eigenvalue weighted by Gasteiger charge is -2.09. The molecule has 2 aromatic carbocycles. The standard InChI is InChI=1S/C18H12ClF2N3O/c19-15-9-13(5-6-16(15)21)24-18(25)17-10-14(7-8-22-17)23-12-3-1-11(20)2-4-12/h1-10H,(H,22,23)(H,24,25). The van der Waals surface area contributed by atoms with E-state index in [9.17, 15) is 13.6 Å². The first kappa shape index (κ1) is 16.9. The number of benzene rings is 2. The first-order valence-electron chi connectivity index (χ1n) is 7.26. The van der Waals surface area contributed by atoms with E-state index in [2.05, 4.69) is 15.6 Å². The summed E-state index contributed by atoms with van der Waals surface area (Å²) < 4.78 is 26.1. The van der Waals surface area contributed by atoms with Crippen LogP contribution in [0.15, 0.2) is 60.8 Å². The fraction of sp³-hybridized carbons (Fsp3) is 0. The summed E-state index contributed by atoms with van der Waals surface area (Å²) in [5.74, 6) is -1.37. The van der Waals surface area contributed by atoms with Crippen LogP contribution in [0.2, 0.25) is 5.02 Å². The van der Waals surface area contributed by atoms with Gasteiger partial charge in [0.25, 0.3) is 5.91 Å². The third kappa shape index (κ3) is 4.30. The van der Waals surface area contributed by atoms with Gasteiger partial charge < -0.3 is 10.6 Å². The van der Waals surface area contributed by atoms with Crippen LogP contribution >= 0.6 is 11.6 Å². The van der Waals surface area contributed by atoms with Crippen molar-refractivity contribution in [2.24, 2.45) is 0 Å². The van der Waals surface area contributed by atoms with E-state index in [1.807, 2.05) is 0 Å². The Balaban J connectivity index is 1.74. The molecular formula is C18H12ClF2N3O. The van der Waals surface area contributed by atoms with Crippen LogP contribution in [0.5, 0.6) is 0 Å². The maximum absolute atomic E-state index is 13.2. The maximum Gasteiger partial charge on any atom is 0.274 e. The van der Waals surface area contributed by atoms with Crippen LogP contribution in [0.3, 0.4) is 0 Å². The zero-order chi connectivity index (χ0) is 17.8. The average molecular weight is 360 g/mol. The molecule has 1 aromatic heterocycles. The Kier molecular flexibility index (Phi) is 4.90. The predicted octanol–water partition coefficient (Wildman–Crippen LogP) is 5.01. The molecule has 0 fully saturated rings. The van der Waals surface area contributed by atoms with E-state index >= 15 is 0 Å². The van der Waals surface area contributed by atoms with E-state index in [0.29, 0.717) is 17.1 Å². The summed E-state index contributed by atoms with van der Waals surface area (Å²) >= 11 is 5.69. The summed E-state index contributed by atoms with van der Waals surface area (Å²) in [5.41, 5.74) is 1.80. The van der Waals surface area contributed by atoms with Crippen LogP contribution in [-0.2, 0) is 0 Å². The number of rotatable bonds is 4. The van der Waals surface area contributed by atoms with E-state index in [4.69, 9.17) is 11.6 Å². The number of aromatic nitrogens is 1. The highest BCUT2D eigenvalue weighted by Crippen LogP contribution is 2.21. The molecule has 25 heavy (non-hydrogen) atoms. The van der Waals surface area contributed by atoms with Crippen molar-refractivity contribution in [1.29, 1.82) is 0 Å². The van der Waals surface area contributed by atoms with Crippen molar-refractivity contribution in [3.63, 3.8) is 0 Å². The molecule has 7 heteroatoms. The fourth-order valence-corrected chi connectivity index (χ4v) is 2.28. The molecule has 126 valence electrons. The maximum atomic E-state index is 13.2. The third-order valence-corrected chi connectivity index (χ3v) is 3.59. The van der Waals surface area contributed by atoms with Crippen molar-refractivity contribution in [2.75, 3.05) is 10.6 Å². The van der Waals surface area contributed by atoms with Gasteiger partial charge in [-0.1, -0.05) is 11.6 Å². The largest absolute Gasteiger partial charge is 0.355 e. The smallest absolute Gasteiger partial charge is 0.274 e. The minimum absolute atomic E-state index is 0.0857. The quantitative estimate of drug-likeness (QED) is 0.688. The molecule has 0 atom stereocenters. The van der Waals surface area contributed by atoms with Crippen molar-refractivity contribution < 1.29 is 13.6 Å². The molecule has 0 aliphatic heterocycles. The highest BCUT2D eigenvalue weighted by molar-refractivity contribution is 6.31. The molecule has 3 aromatic rings. The molecule has 2 N–H and O–H groups in total. The van der Waals surface area contributed by atoms with Crippen LogP contribution in [0.1, 0.15) is 10.5 Å². The molecule has 0 saturated heterocycles. The Morgan fingerprint density at radius 2 is 1.64 bits per heavy atom. The van der Waals surface area contributed by atoms with E-state index in [1.165, 1.54) is 30.5 Å². The fourth-order valence-electron chi connectivity index (χ4n) is 2.10. The second kappa shape index (κ2) is 7.27. The van der Waals surface area contributed by atoms with Crippen LogP contribution < -0.4 is 10.6 Å². The van der Waals surface area contributed by atoms with Crippen LogP contribution in [0.4, 0.5) is 25.8 Å². The Bertz CT molecular complexity index is 916. The third-order valence-electron chi connectivity index (χ3n) is 3.30. The number of nitrogens with zero attached hydrogens (tertiary/aromatic N) is 1. The summed E-state index contributed by atoms with van der Waals surface area (Å²) in [7, 11) is 0. The Morgan fingerprint density at radius 1 is 0.920 bits per heavy atom. The number of nitrogens with one attached hydrogen (secondary N) is 2. The monoisotopic (exact) mass is 359 g/mol. The highest BCUT2D eigenvalue weighted by Gasteiger charge is 2.10. The number of anilines is 3. The number of pyridine rings is 1. The average Bonchev–Trinajstić information content (AvgIpc) is 2.60. The van der Waals surface area contributed by atoms with Crippen molar-refractivity contribution in [1.82, 2.24) is 4.98 Å². The lowest BCUT2D eigenvalue weighted by Crippen LogP contribution is -2.13. The summed E-state index contributed by atoms with van der Waals surface area (Å²) in [6, 6.07) is 12.9. The predicted molar refractivity (Wildman–Crippen MR) is 93.3 cm³/mol. The highest BCUT2D eigenvalue weighted by atomic mass is 35.5. The van der Waals surface area contributed by atoms with Gasteiger partial charge >= 0.3 is 0 Å². The van der Waals surface area contributed by atoms with Crippen LogP contribution in [-0.4, -0.2) is 10.9 Å². The number of hydrogen-bond donors (Lipinski definition) is 2. The SMILES string of the molecule is O=C(Nc1ccc(F)c(Cl)c1)c1cc(Nc2ccc(F)cc2)ccn1. The molecule has 0 aliphatic carbocycles. The second-order valence-corrected chi connectivity index (χ2v) is 5.55. The van der Waals surface area contributed by atoms with Crippen LogP contribution in [0.25, 0.3) is 0 Å². The number of halogens is 3. The molecule has 3 rings (SSSR count). The molecule has 0 spiro atoms. The summed E-state index contributed by atoms with van der Waals surface area (Å²) in [6.07, 6.45) is 1.47. The van der Waals surface area contributed by atoms with Crippen LogP contribution in [0, 0.1) is 11.6 Å². The zero-order valence-corrected chi connectivity index (χ0v) is 13.5. The number of hydrogen-bond acceptors (Lipinski definition) is 3. The van der Waals surface area contributed by atoms with Gasteiger partial charge in [0.1, 0.15) is 17.3 Å². The first-order chi connectivity index (χ1) is 12.0. The van der Waals surface area contributed by atoms with Gasteiger partial charge in [-0.15, -0.1) is 0 Å². The van der Waals surface area contributed by atoms with Gasteiger partial charge in [-0.05, 0) is 54.6 Å². The number of carbonyl (C=O) groups is 1. The molecule has 0 unspecified atom stereocenters.